The van der Waals surface area contributed by atoms with E-state index in [4.69, 9.17) is 33.7 Å². The van der Waals surface area contributed by atoms with Gasteiger partial charge >= 0.3 is 6.09 Å². The zero-order valence-corrected chi connectivity index (χ0v) is 42.1. The zero-order valence-electron chi connectivity index (χ0n) is 36.7. The Morgan fingerprint density at radius 2 is 1.48 bits per heavy atom. The molecule has 0 radical (unpaired) electrons. The van der Waals surface area contributed by atoms with Gasteiger partial charge in [-0.25, -0.2) is 14.8 Å². The molecule has 0 spiro atoms. The number of amides is 1. The van der Waals surface area contributed by atoms with Gasteiger partial charge in [0.1, 0.15) is 24.1 Å². The summed E-state index contributed by atoms with van der Waals surface area (Å²) in [6.45, 7) is 34.0. The Morgan fingerprint density at radius 1 is 0.911 bits per heavy atom. The van der Waals surface area contributed by atoms with E-state index in [0.717, 1.165) is 74.9 Å². The standard InChI is InChI=1S/C40H69BrN6O5SSi3/c1-39(2,3)52-38(48)46-29-15-16-30(46)22-28(21-29)35-34(41)37(45(26-49-17-19-54(7,8)9)27-50-18-20-55(10,11)12)47-36(44-35)31(23-43-47)32-24-42-33(53-32)25-51-56(13,14)40(4,5)6/h23-24,28-30H,15-22,25-27H2,1-14H3/t28-,29-,30+. The Balaban J connectivity index is 1.54. The summed E-state index contributed by atoms with van der Waals surface area (Å²) in [5.41, 5.74) is 2.15. The molecule has 3 aromatic heterocycles. The minimum Gasteiger partial charge on any atom is -0.444 e. The minimum absolute atomic E-state index is 0.0993. The Kier molecular flexibility index (Phi) is 14.2. The Labute approximate surface area is 351 Å². The van der Waals surface area contributed by atoms with Crippen LogP contribution in [-0.2, 0) is 25.2 Å². The predicted octanol–water partition coefficient (Wildman–Crippen LogP) is 11.2. The minimum atomic E-state index is -1.95. The van der Waals surface area contributed by atoms with Crippen molar-refractivity contribution in [1.29, 1.82) is 0 Å². The number of carbonyl (C=O) groups is 1. The van der Waals surface area contributed by atoms with E-state index in [9.17, 15) is 4.79 Å². The van der Waals surface area contributed by atoms with Crippen molar-refractivity contribution >= 4 is 69.3 Å². The van der Waals surface area contributed by atoms with Crippen molar-refractivity contribution in [2.45, 2.75) is 167 Å². The third kappa shape index (κ3) is 11.5. The first kappa shape index (κ1) is 45.4. The number of ether oxygens (including phenoxy) is 3. The van der Waals surface area contributed by atoms with Gasteiger partial charge in [-0.15, -0.1) is 11.3 Å². The topological polar surface area (TPSA) is 104 Å². The van der Waals surface area contributed by atoms with Crippen LogP contribution in [0.1, 0.15) is 83.8 Å². The first-order chi connectivity index (χ1) is 25.8. The van der Waals surface area contributed by atoms with Gasteiger partial charge in [0.05, 0.1) is 33.4 Å². The molecule has 16 heteroatoms. The fraction of sp³-hybridized carbons (Fsp3) is 0.750. The summed E-state index contributed by atoms with van der Waals surface area (Å²) in [6.07, 6.45) is 7.21. The number of halogens is 1. The van der Waals surface area contributed by atoms with Gasteiger partial charge in [-0.2, -0.15) is 9.61 Å². The number of piperidine rings is 1. The molecule has 3 atom stereocenters. The number of rotatable bonds is 16. The normalized spacial score (nSPS) is 19.6. The van der Waals surface area contributed by atoms with Crippen molar-refractivity contribution in [3.8, 4) is 10.4 Å². The van der Waals surface area contributed by atoms with Gasteiger partial charge in [-0.3, -0.25) is 0 Å². The van der Waals surface area contributed by atoms with E-state index in [0.29, 0.717) is 33.3 Å². The highest BCUT2D eigenvalue weighted by Gasteiger charge is 2.46. The molecule has 2 bridgehead atoms. The largest absolute Gasteiger partial charge is 0.444 e. The molecule has 5 heterocycles. The lowest BCUT2D eigenvalue weighted by molar-refractivity contribution is 0.00566. The van der Waals surface area contributed by atoms with Crippen molar-refractivity contribution in [2.24, 2.45) is 0 Å². The molecular formula is C40H69BrN6O5SSi3. The average molecular weight is 910 g/mol. The third-order valence-electron chi connectivity index (χ3n) is 11.3. The van der Waals surface area contributed by atoms with Crippen LogP contribution in [0.2, 0.25) is 69.5 Å². The van der Waals surface area contributed by atoms with Gasteiger partial charge in [0.25, 0.3) is 0 Å². The number of nitrogens with zero attached hydrogens (tertiary/aromatic N) is 6. The van der Waals surface area contributed by atoms with Crippen LogP contribution < -0.4 is 4.90 Å². The van der Waals surface area contributed by atoms with Crippen LogP contribution in [0.25, 0.3) is 16.1 Å². The van der Waals surface area contributed by atoms with Crippen molar-refractivity contribution in [1.82, 2.24) is 24.5 Å². The van der Waals surface area contributed by atoms with E-state index in [1.807, 2.05) is 42.6 Å². The SMILES string of the molecule is CC(C)(C)OC(=O)N1[C@@H]2CC[C@H]1C[C@H](c1nc3c(-c4cnc(CO[Si](C)(C)C(C)(C)C)s4)cnn3c(N(COCC[Si](C)(C)C)COCC[Si](C)(C)C)c1Br)C2. The van der Waals surface area contributed by atoms with Crippen LogP contribution in [0.5, 0.6) is 0 Å². The van der Waals surface area contributed by atoms with Crippen LogP contribution >= 0.6 is 27.3 Å². The lowest BCUT2D eigenvalue weighted by atomic mass is 9.88. The van der Waals surface area contributed by atoms with E-state index in [1.165, 1.54) is 0 Å². The number of carbonyl (C=O) groups excluding carboxylic acids is 1. The second kappa shape index (κ2) is 17.5. The highest BCUT2D eigenvalue weighted by atomic mass is 79.9. The Morgan fingerprint density at radius 3 is 2.00 bits per heavy atom. The van der Waals surface area contributed by atoms with Gasteiger partial charge in [0.2, 0.25) is 0 Å². The molecule has 0 saturated carbocycles. The average Bonchev–Trinajstić information content (AvgIpc) is 3.76. The van der Waals surface area contributed by atoms with Crippen LogP contribution in [0.3, 0.4) is 0 Å². The number of hydrogen-bond donors (Lipinski definition) is 0. The molecule has 2 fully saturated rings. The molecule has 1 amide bonds. The first-order valence-electron chi connectivity index (χ1n) is 20.4. The monoisotopic (exact) mass is 908 g/mol. The summed E-state index contributed by atoms with van der Waals surface area (Å²) in [4.78, 5) is 28.9. The highest BCUT2D eigenvalue weighted by molar-refractivity contribution is 9.10. The second-order valence-corrected chi connectivity index (χ2v) is 38.7. The summed E-state index contributed by atoms with van der Waals surface area (Å²) >= 11 is 5.74. The maximum atomic E-state index is 13.4. The van der Waals surface area contributed by atoms with Crippen molar-refractivity contribution < 1.29 is 23.4 Å². The number of fused-ring (bicyclic) bond motifs is 3. The zero-order chi connectivity index (χ0) is 41.4. The van der Waals surface area contributed by atoms with E-state index < -0.39 is 30.1 Å². The first-order valence-corrected chi connectivity index (χ1v) is 32.3. The van der Waals surface area contributed by atoms with Crippen molar-refractivity contribution in [3.05, 3.63) is 27.6 Å². The van der Waals surface area contributed by atoms with Crippen molar-refractivity contribution in [2.75, 3.05) is 31.6 Å². The number of anilines is 1. The molecule has 0 aliphatic carbocycles. The van der Waals surface area contributed by atoms with Crippen molar-refractivity contribution in [3.63, 3.8) is 0 Å². The molecule has 2 aliphatic heterocycles. The van der Waals surface area contributed by atoms with E-state index >= 15 is 0 Å². The Bertz CT molecular complexity index is 1780. The fourth-order valence-electron chi connectivity index (χ4n) is 6.93. The quantitative estimate of drug-likeness (QED) is 0.0789. The van der Waals surface area contributed by atoms with E-state index in [1.54, 1.807) is 11.3 Å². The molecule has 2 saturated heterocycles. The lowest BCUT2D eigenvalue weighted by Crippen LogP contribution is -2.48. The molecule has 3 aromatic rings. The van der Waals surface area contributed by atoms with Gasteiger partial charge in [-0.05, 0) is 92.6 Å². The summed E-state index contributed by atoms with van der Waals surface area (Å²) in [5, 5.41) is 6.07. The predicted molar refractivity (Wildman–Crippen MR) is 241 cm³/mol. The molecule has 0 unspecified atom stereocenters. The number of hydrogen-bond acceptors (Lipinski definition) is 10. The van der Waals surface area contributed by atoms with Crippen LogP contribution in [0.15, 0.2) is 16.9 Å². The highest BCUT2D eigenvalue weighted by Crippen LogP contribution is 2.47. The third-order valence-corrected chi connectivity index (χ3v) is 20.9. The lowest BCUT2D eigenvalue weighted by Gasteiger charge is -2.39. The molecule has 0 aromatic carbocycles. The molecule has 314 valence electrons. The second-order valence-electron chi connectivity index (χ2n) is 20.8. The molecule has 5 rings (SSSR count). The maximum Gasteiger partial charge on any atom is 0.410 e. The molecular weight excluding hydrogens is 841 g/mol. The molecule has 2 aliphatic rings. The number of aromatic nitrogens is 4. The number of thiazole rings is 1. The van der Waals surface area contributed by atoms with Crippen LogP contribution in [-0.4, -0.2) is 99.4 Å². The fourth-order valence-corrected chi connectivity index (χ4v) is 11.1. The van der Waals surface area contributed by atoms with Gasteiger partial charge in [0, 0.05) is 53.6 Å². The molecule has 56 heavy (non-hydrogen) atoms. The summed E-state index contributed by atoms with van der Waals surface area (Å²) in [5.74, 6) is 0.995. The molecule has 11 nitrogen and oxygen atoms in total. The van der Waals surface area contributed by atoms with Crippen LogP contribution in [0, 0.1) is 0 Å². The van der Waals surface area contributed by atoms with E-state index in [2.05, 4.69) is 94.0 Å². The maximum absolute atomic E-state index is 13.4. The summed E-state index contributed by atoms with van der Waals surface area (Å²) in [6, 6.07) is 2.35. The summed E-state index contributed by atoms with van der Waals surface area (Å²) < 4.78 is 28.2. The Hall–Kier alpha value is -1.67. The summed E-state index contributed by atoms with van der Waals surface area (Å²) in [7, 11) is -4.54. The van der Waals surface area contributed by atoms with Crippen LogP contribution in [0.4, 0.5) is 10.6 Å². The van der Waals surface area contributed by atoms with Gasteiger partial charge in [-0.1, -0.05) is 60.1 Å². The molecule has 0 N–H and O–H groups in total. The smallest absolute Gasteiger partial charge is 0.410 e. The van der Waals surface area contributed by atoms with Gasteiger partial charge < -0.3 is 28.4 Å². The van der Waals surface area contributed by atoms with E-state index in [-0.39, 0.29) is 29.1 Å². The van der Waals surface area contributed by atoms with Gasteiger partial charge in [0.15, 0.2) is 19.8 Å².